The van der Waals surface area contributed by atoms with Crippen LogP contribution in [-0.2, 0) is 4.79 Å². The van der Waals surface area contributed by atoms with Gasteiger partial charge in [0.25, 0.3) is 6.43 Å². The Morgan fingerprint density at radius 2 is 1.86 bits per heavy atom. The second kappa shape index (κ2) is 10.1. The summed E-state index contributed by atoms with van der Waals surface area (Å²) >= 11 is 0. The smallest absolute Gasteiger partial charge is 0.333 e. The van der Waals surface area contributed by atoms with Gasteiger partial charge in [-0.2, -0.15) is 4.98 Å². The van der Waals surface area contributed by atoms with Crippen molar-refractivity contribution in [2.75, 3.05) is 18.9 Å². The van der Waals surface area contributed by atoms with Crippen LogP contribution in [0.25, 0.3) is 22.4 Å². The Hall–Kier alpha value is -4.39. The van der Waals surface area contributed by atoms with Gasteiger partial charge in [0.15, 0.2) is 0 Å². The van der Waals surface area contributed by atoms with Gasteiger partial charge in [0.05, 0.1) is 17.0 Å². The minimum absolute atomic E-state index is 0.0825. The number of anilines is 1. The molecule has 0 aliphatic carbocycles. The summed E-state index contributed by atoms with van der Waals surface area (Å²) in [7, 11) is 0. The molecule has 0 atom stereocenters. The topological polar surface area (TPSA) is 156 Å². The van der Waals surface area contributed by atoms with Crippen LogP contribution in [0.2, 0.25) is 0 Å². The molecule has 2 aromatic heterocycles. The molecule has 36 heavy (non-hydrogen) atoms. The van der Waals surface area contributed by atoms with Crippen LogP contribution in [0.4, 0.5) is 19.1 Å². The van der Waals surface area contributed by atoms with Gasteiger partial charge in [-0.1, -0.05) is 6.92 Å². The van der Waals surface area contributed by atoms with Crippen molar-refractivity contribution in [2.24, 2.45) is 11.6 Å². The van der Waals surface area contributed by atoms with E-state index in [0.29, 0.717) is 17.7 Å². The van der Waals surface area contributed by atoms with E-state index in [0.717, 1.165) is 11.1 Å². The van der Waals surface area contributed by atoms with E-state index in [9.17, 15) is 18.0 Å². The normalized spacial score (nSPS) is 15.4. The average Bonchev–Trinajstić information content (AvgIpc) is 2.83. The zero-order valence-electron chi connectivity index (χ0n) is 19.0. The van der Waals surface area contributed by atoms with Gasteiger partial charge in [0.1, 0.15) is 24.7 Å². The molecule has 188 valence electrons. The van der Waals surface area contributed by atoms with Gasteiger partial charge in [-0.05, 0) is 42.3 Å². The summed E-state index contributed by atoms with van der Waals surface area (Å²) in [4.78, 5) is 24.7. The van der Waals surface area contributed by atoms with Crippen molar-refractivity contribution in [3.8, 4) is 34.1 Å². The van der Waals surface area contributed by atoms with E-state index in [1.54, 1.807) is 6.92 Å². The summed E-state index contributed by atoms with van der Waals surface area (Å²) in [5.74, 6) is 4.02. The zero-order valence-corrected chi connectivity index (χ0v) is 19.0. The van der Waals surface area contributed by atoms with Crippen molar-refractivity contribution in [3.63, 3.8) is 0 Å². The van der Waals surface area contributed by atoms with Crippen LogP contribution in [0.15, 0.2) is 47.8 Å². The van der Waals surface area contributed by atoms with E-state index >= 15 is 0 Å². The lowest BCUT2D eigenvalue weighted by molar-refractivity contribution is -0.135. The van der Waals surface area contributed by atoms with Crippen LogP contribution in [0.3, 0.4) is 0 Å². The SMILES string of the molecule is CC/C(N)=C1\COc2nc(N)nc(-c3ccc(F)cc3)c2-c2cc(nc(C(F)F)c2)OC(=O)CN1N. The third-order valence-electron chi connectivity index (χ3n) is 5.31. The molecule has 0 fully saturated rings. The standard InChI is InChI=1S/C23H22F3N7O3/c1-2-14(27)16-10-35-22-19(20(31-23(28)32-22)11-3-5-13(24)6-4-11)12-7-15(21(25)26)30-17(8-12)36-18(34)9-33(16)29/h3-8,21H,2,9-10,27,29H2,1H3,(H2,28,31,32)/b16-14-. The van der Waals surface area contributed by atoms with Crippen molar-refractivity contribution in [1.29, 1.82) is 0 Å². The van der Waals surface area contributed by atoms with Gasteiger partial charge in [0, 0.05) is 17.3 Å². The predicted octanol–water partition coefficient (Wildman–Crippen LogP) is 2.92. The van der Waals surface area contributed by atoms with Gasteiger partial charge in [-0.25, -0.2) is 33.8 Å². The second-order valence-corrected chi connectivity index (χ2v) is 7.75. The third kappa shape index (κ3) is 5.15. The minimum atomic E-state index is -2.99. The number of nitrogen functional groups attached to an aromatic ring is 1. The first-order valence-corrected chi connectivity index (χ1v) is 10.7. The van der Waals surface area contributed by atoms with Gasteiger partial charge in [0.2, 0.25) is 17.7 Å². The highest BCUT2D eigenvalue weighted by Gasteiger charge is 2.25. The number of carbonyl (C=O) groups is 1. The Labute approximate surface area is 203 Å². The van der Waals surface area contributed by atoms with Gasteiger partial charge in [-0.3, -0.25) is 5.01 Å². The summed E-state index contributed by atoms with van der Waals surface area (Å²) in [6.45, 7) is 1.08. The lowest BCUT2D eigenvalue weighted by Gasteiger charge is -2.25. The Bertz CT molecular complexity index is 1330. The maximum atomic E-state index is 13.7. The number of alkyl halides is 2. The Morgan fingerprint density at radius 1 is 1.14 bits per heavy atom. The van der Waals surface area contributed by atoms with E-state index < -0.39 is 36.3 Å². The number of esters is 1. The summed E-state index contributed by atoms with van der Waals surface area (Å²) in [5.41, 5.74) is 12.8. The first-order chi connectivity index (χ1) is 17.2. The third-order valence-corrected chi connectivity index (χ3v) is 5.31. The van der Waals surface area contributed by atoms with Crippen LogP contribution >= 0.6 is 0 Å². The highest BCUT2D eigenvalue weighted by Crippen LogP contribution is 2.40. The molecule has 1 aliphatic heterocycles. The molecule has 4 rings (SSSR count). The number of benzene rings is 1. The molecule has 1 aromatic carbocycles. The lowest BCUT2D eigenvalue weighted by Crippen LogP contribution is -2.40. The van der Waals surface area contributed by atoms with Crippen molar-refractivity contribution in [1.82, 2.24) is 20.0 Å². The summed E-state index contributed by atoms with van der Waals surface area (Å²) < 4.78 is 52.2. The van der Waals surface area contributed by atoms with Gasteiger partial charge >= 0.3 is 5.97 Å². The Balaban J connectivity index is 2.02. The number of hydrogen-bond acceptors (Lipinski definition) is 10. The maximum absolute atomic E-state index is 13.7. The number of pyridine rings is 1. The highest BCUT2D eigenvalue weighted by molar-refractivity contribution is 5.85. The first kappa shape index (κ1) is 24.7. The Morgan fingerprint density at radius 3 is 2.53 bits per heavy atom. The van der Waals surface area contributed by atoms with Crippen molar-refractivity contribution in [3.05, 3.63) is 59.3 Å². The first-order valence-electron chi connectivity index (χ1n) is 10.7. The molecule has 0 saturated carbocycles. The second-order valence-electron chi connectivity index (χ2n) is 7.75. The van der Waals surface area contributed by atoms with Crippen LogP contribution in [0, 0.1) is 5.82 Å². The molecule has 0 saturated heterocycles. The number of rotatable bonds is 3. The highest BCUT2D eigenvalue weighted by atomic mass is 19.3. The summed E-state index contributed by atoms with van der Waals surface area (Å²) in [5, 5.41) is 1.03. The molecule has 13 heteroatoms. The molecular formula is C23H22F3N7O3. The van der Waals surface area contributed by atoms with Crippen molar-refractivity contribution in [2.45, 2.75) is 19.8 Å². The quantitative estimate of drug-likeness (QED) is 0.360. The molecule has 2 bridgehead atoms. The van der Waals surface area contributed by atoms with Crippen molar-refractivity contribution >= 4 is 11.9 Å². The average molecular weight is 501 g/mol. The fourth-order valence-electron chi connectivity index (χ4n) is 3.56. The predicted molar refractivity (Wildman–Crippen MR) is 124 cm³/mol. The molecule has 0 radical (unpaired) electrons. The molecule has 3 aromatic rings. The van der Waals surface area contributed by atoms with E-state index in [-0.39, 0.29) is 41.0 Å². The number of nitrogens with two attached hydrogens (primary N) is 3. The lowest BCUT2D eigenvalue weighted by atomic mass is 10.00. The number of halogens is 3. The number of carbonyl (C=O) groups excluding carboxylic acids is 1. The van der Waals surface area contributed by atoms with Crippen LogP contribution in [-0.4, -0.2) is 39.1 Å². The number of hydrazine groups is 1. The molecule has 10 nitrogen and oxygen atoms in total. The fourth-order valence-corrected chi connectivity index (χ4v) is 3.56. The van der Waals surface area contributed by atoms with Gasteiger partial charge in [-0.15, -0.1) is 0 Å². The molecule has 6 N–H and O–H groups in total. The minimum Gasteiger partial charge on any atom is -0.471 e. The van der Waals surface area contributed by atoms with Crippen LogP contribution < -0.4 is 26.8 Å². The van der Waals surface area contributed by atoms with Crippen molar-refractivity contribution < 1.29 is 27.4 Å². The van der Waals surface area contributed by atoms with Gasteiger partial charge < -0.3 is 20.9 Å². The maximum Gasteiger partial charge on any atom is 0.333 e. The molecule has 0 amide bonds. The fraction of sp³-hybridized carbons (Fsp3) is 0.217. The van der Waals surface area contributed by atoms with E-state index in [4.69, 9.17) is 26.8 Å². The number of aromatic nitrogens is 3. The zero-order chi connectivity index (χ0) is 26.0. The number of allylic oxidation sites excluding steroid dienone is 1. The monoisotopic (exact) mass is 501 g/mol. The van der Waals surface area contributed by atoms with Crippen LogP contribution in [0.1, 0.15) is 25.5 Å². The Kier molecular flexibility index (Phi) is 6.92. The van der Waals surface area contributed by atoms with Crippen LogP contribution in [0.5, 0.6) is 11.8 Å². The van der Waals surface area contributed by atoms with E-state index in [2.05, 4.69) is 15.0 Å². The molecule has 3 heterocycles. The number of hydrogen-bond donors (Lipinski definition) is 3. The van der Waals surface area contributed by atoms with E-state index in [1.165, 1.54) is 30.3 Å². The van der Waals surface area contributed by atoms with E-state index in [1.807, 2.05) is 0 Å². The number of fused-ring (bicyclic) bond motifs is 4. The number of nitrogens with zero attached hydrogens (tertiary/aromatic N) is 4. The summed E-state index contributed by atoms with van der Waals surface area (Å²) in [6, 6.07) is 7.63. The summed E-state index contributed by atoms with van der Waals surface area (Å²) in [6.07, 6.45) is -2.60. The molecule has 0 spiro atoms. The molecule has 0 unspecified atom stereocenters. The largest absolute Gasteiger partial charge is 0.471 e. The molecule has 1 aliphatic rings. The number of ether oxygens (including phenoxy) is 2. The molecular weight excluding hydrogens is 479 g/mol.